The van der Waals surface area contributed by atoms with Gasteiger partial charge in [0.05, 0.1) is 10.5 Å². The highest BCUT2D eigenvalue weighted by Gasteiger charge is 2.39. The van der Waals surface area contributed by atoms with Gasteiger partial charge in [0.25, 0.3) is 0 Å². The van der Waals surface area contributed by atoms with Crippen molar-refractivity contribution in [2.45, 2.75) is 89.9 Å². The molecule has 0 unspecified atom stereocenters. The molecule has 160 valence electrons. The number of nitrogens with two attached hydrogens (primary N) is 1. The molecule has 0 aliphatic carbocycles. The summed E-state index contributed by atoms with van der Waals surface area (Å²) in [5.74, 6) is 0. The minimum absolute atomic E-state index is 0.0367. The van der Waals surface area contributed by atoms with Crippen LogP contribution in [-0.2, 0) is 24.8 Å². The van der Waals surface area contributed by atoms with Gasteiger partial charge < -0.3 is 4.74 Å². The fourth-order valence-corrected chi connectivity index (χ4v) is 6.15. The van der Waals surface area contributed by atoms with Crippen LogP contribution in [-0.4, -0.2) is 48.8 Å². The lowest BCUT2D eigenvalue weighted by Gasteiger charge is -2.37. The maximum Gasteiger partial charge on any atom is 0.211 e. The Morgan fingerprint density at radius 2 is 1.27 bits per heavy atom. The average Bonchev–Trinajstić information content (AvgIpc) is 2.94. The zero-order valence-corrected chi connectivity index (χ0v) is 20.6. The third kappa shape index (κ3) is 12.4. The molecule has 3 N–H and O–H groups in total. The van der Waals surface area contributed by atoms with E-state index in [1.165, 1.54) is 26.7 Å². The monoisotopic (exact) mass is 432 g/mol. The molecule has 1 heterocycles. The molecule has 0 radical (unpaired) electrons. The first-order chi connectivity index (χ1) is 11.3. The first kappa shape index (κ1) is 28.2. The van der Waals surface area contributed by atoms with Crippen molar-refractivity contribution in [3.8, 4) is 0 Å². The molecule has 0 amide bonds. The molecule has 0 spiro atoms. The zero-order valence-electron chi connectivity index (χ0n) is 17.9. The predicted octanol–water partition coefficient (Wildman–Crippen LogP) is 2.80. The number of sulfonamides is 2. The van der Waals surface area contributed by atoms with E-state index >= 15 is 0 Å². The number of hydrogen-bond acceptors (Lipinski definition) is 5. The van der Waals surface area contributed by atoms with E-state index < -0.39 is 33.5 Å². The Hall–Kier alpha value is -0.00312. The minimum atomic E-state index is -3.24. The van der Waals surface area contributed by atoms with Crippen molar-refractivity contribution >= 4 is 28.3 Å². The predicted molar refractivity (Wildman–Crippen MR) is 113 cm³/mol. The van der Waals surface area contributed by atoms with E-state index in [0.717, 1.165) is 13.2 Å². The number of hydrogen-bond donors (Lipinski definition) is 2. The first-order valence-electron chi connectivity index (χ1n) is 8.96. The summed E-state index contributed by atoms with van der Waals surface area (Å²) >= 11 is 0. The highest BCUT2D eigenvalue weighted by Crippen LogP contribution is 2.34. The van der Waals surface area contributed by atoms with Crippen LogP contribution in [0, 0.1) is 0 Å². The van der Waals surface area contributed by atoms with Crippen molar-refractivity contribution in [2.24, 2.45) is 5.14 Å². The van der Waals surface area contributed by atoms with E-state index in [0.29, 0.717) is 0 Å². The van der Waals surface area contributed by atoms with Crippen LogP contribution in [0.4, 0.5) is 0 Å². The third-order valence-corrected chi connectivity index (χ3v) is 13.9. The number of primary sulfonamides is 1. The largest absolute Gasteiger partial charge is 0.381 e. The summed E-state index contributed by atoms with van der Waals surface area (Å²) in [4.78, 5) is 0. The molecule has 0 atom stereocenters. The van der Waals surface area contributed by atoms with Gasteiger partial charge in [-0.3, -0.25) is 0 Å². The van der Waals surface area contributed by atoms with E-state index in [4.69, 9.17) is 4.74 Å². The SMILES string of the molecule is C1CCOC1.CC(C)S(=O)(=O)N[Si](C)(C)C(C)(C)C.CC(C)S(N)(=O)=O. The normalized spacial score (nSPS) is 16.0. The maximum atomic E-state index is 11.7. The first-order valence-corrected chi connectivity index (χ1v) is 15.1. The highest BCUT2D eigenvalue weighted by molar-refractivity contribution is 7.91. The van der Waals surface area contributed by atoms with Crippen molar-refractivity contribution in [2.75, 3.05) is 13.2 Å². The topological polar surface area (TPSA) is 116 Å². The van der Waals surface area contributed by atoms with Gasteiger partial charge in [-0.15, -0.1) is 0 Å². The van der Waals surface area contributed by atoms with E-state index in [9.17, 15) is 16.8 Å². The van der Waals surface area contributed by atoms with Crippen LogP contribution in [0.1, 0.15) is 61.3 Å². The molecule has 0 aromatic heterocycles. The molecule has 0 saturated carbocycles. The van der Waals surface area contributed by atoms with Crippen LogP contribution in [0.15, 0.2) is 0 Å². The number of ether oxygens (including phenoxy) is 1. The van der Waals surface area contributed by atoms with Gasteiger partial charge in [-0.2, -0.15) is 0 Å². The summed E-state index contributed by atoms with van der Waals surface area (Å²) in [5.41, 5.74) is 0. The van der Waals surface area contributed by atoms with Crippen molar-refractivity contribution in [3.05, 3.63) is 0 Å². The van der Waals surface area contributed by atoms with Gasteiger partial charge in [0.1, 0.15) is 8.24 Å². The van der Waals surface area contributed by atoms with Crippen LogP contribution < -0.4 is 9.53 Å². The van der Waals surface area contributed by atoms with E-state index in [-0.39, 0.29) is 10.3 Å². The summed E-state index contributed by atoms with van der Waals surface area (Å²) in [5, 5.41) is 3.89. The lowest BCUT2D eigenvalue weighted by molar-refractivity contribution is 0.198. The summed E-state index contributed by atoms with van der Waals surface area (Å²) < 4.78 is 51.5. The smallest absolute Gasteiger partial charge is 0.211 e. The van der Waals surface area contributed by atoms with Crippen LogP contribution in [0.25, 0.3) is 0 Å². The average molecular weight is 433 g/mol. The van der Waals surface area contributed by atoms with E-state index in [2.05, 4.69) is 30.3 Å². The molecule has 0 bridgehead atoms. The summed E-state index contributed by atoms with van der Waals surface area (Å²) in [7, 11) is -8.31. The summed E-state index contributed by atoms with van der Waals surface area (Å²) in [6, 6.07) is 0. The van der Waals surface area contributed by atoms with Crippen molar-refractivity contribution < 1.29 is 21.6 Å². The number of nitrogens with one attached hydrogen (secondary N) is 1. The Morgan fingerprint density at radius 3 is 1.42 bits per heavy atom. The van der Waals surface area contributed by atoms with Gasteiger partial charge in [0.2, 0.25) is 20.0 Å². The van der Waals surface area contributed by atoms with Gasteiger partial charge in [-0.05, 0) is 45.6 Å². The van der Waals surface area contributed by atoms with E-state index in [1.54, 1.807) is 13.8 Å². The number of rotatable bonds is 4. The molecule has 1 aliphatic heterocycles. The maximum absolute atomic E-state index is 11.7. The molecule has 1 fully saturated rings. The standard InChI is InChI=1S/C9H23NO2SSi.C4H8O.C3H9NO2S/c1-8(2)13(11,12)10-14(6,7)9(3,4)5;1-2-4-5-3-1;1-3(2)7(4,5)6/h8,10H,1-7H3;1-4H2;3H,1-2H3,(H2,4,5,6). The molecule has 26 heavy (non-hydrogen) atoms. The molecule has 0 aromatic carbocycles. The third-order valence-electron chi connectivity index (χ3n) is 4.38. The Bertz CT molecular complexity index is 583. The molecule has 1 rings (SSSR count). The van der Waals surface area contributed by atoms with Crippen molar-refractivity contribution in [3.63, 3.8) is 0 Å². The quantitative estimate of drug-likeness (QED) is 0.663. The van der Waals surface area contributed by atoms with E-state index in [1.807, 2.05) is 13.1 Å². The van der Waals surface area contributed by atoms with Crippen LogP contribution in [0.3, 0.4) is 0 Å². The molecule has 1 saturated heterocycles. The lowest BCUT2D eigenvalue weighted by Crippen LogP contribution is -2.56. The molecule has 10 heteroatoms. The molecule has 0 aromatic rings. The second kappa shape index (κ2) is 11.1. The Balaban J connectivity index is 0. The second-order valence-electron chi connectivity index (χ2n) is 8.53. The zero-order chi connectivity index (χ0) is 21.4. The van der Waals surface area contributed by atoms with Crippen LogP contribution in [0.5, 0.6) is 0 Å². The summed E-state index contributed by atoms with van der Waals surface area (Å²) in [6.45, 7) is 18.8. The van der Waals surface area contributed by atoms with Crippen LogP contribution in [0.2, 0.25) is 18.1 Å². The van der Waals surface area contributed by atoms with Crippen molar-refractivity contribution in [1.29, 1.82) is 0 Å². The fourth-order valence-electron chi connectivity index (χ4n) is 1.14. The van der Waals surface area contributed by atoms with Gasteiger partial charge in [-0.25, -0.2) is 26.4 Å². The lowest BCUT2D eigenvalue weighted by atomic mass is 10.2. The fraction of sp³-hybridized carbons (Fsp3) is 1.00. The molecule has 7 nitrogen and oxygen atoms in total. The Morgan fingerprint density at radius 1 is 0.923 bits per heavy atom. The van der Waals surface area contributed by atoms with Gasteiger partial charge in [0.15, 0.2) is 0 Å². The Labute approximate surface area is 162 Å². The molecular weight excluding hydrogens is 392 g/mol. The van der Waals surface area contributed by atoms with Gasteiger partial charge in [-0.1, -0.05) is 33.9 Å². The molecular formula is C16H40N2O5S2Si. The highest BCUT2D eigenvalue weighted by atomic mass is 32.2. The molecule has 1 aliphatic rings. The van der Waals surface area contributed by atoms with Gasteiger partial charge in [0, 0.05) is 13.2 Å². The van der Waals surface area contributed by atoms with Gasteiger partial charge >= 0.3 is 0 Å². The second-order valence-corrected chi connectivity index (χ2v) is 18.2. The Kier molecular flexibility index (Phi) is 12.1. The minimum Gasteiger partial charge on any atom is -0.381 e. The summed E-state index contributed by atoms with van der Waals surface area (Å²) in [6.07, 6.45) is 2.56. The van der Waals surface area contributed by atoms with Crippen molar-refractivity contribution in [1.82, 2.24) is 4.39 Å². The van der Waals surface area contributed by atoms with Crippen LogP contribution >= 0.6 is 0 Å².